The fourth-order valence-corrected chi connectivity index (χ4v) is 4.65. The van der Waals surface area contributed by atoms with Crippen molar-refractivity contribution in [1.29, 1.82) is 0 Å². The first-order valence-electron chi connectivity index (χ1n) is 9.61. The molecule has 0 unspecified atom stereocenters. The van der Waals surface area contributed by atoms with Crippen molar-refractivity contribution in [2.45, 2.75) is 11.8 Å². The third-order valence-corrected chi connectivity index (χ3v) is 6.97. The van der Waals surface area contributed by atoms with Crippen molar-refractivity contribution >= 4 is 15.9 Å². The zero-order valence-electron chi connectivity index (χ0n) is 16.8. The molecule has 0 radical (unpaired) electrons. The molecule has 0 aromatic heterocycles. The van der Waals surface area contributed by atoms with E-state index in [0.29, 0.717) is 50.6 Å². The van der Waals surface area contributed by atoms with E-state index >= 15 is 0 Å². The summed E-state index contributed by atoms with van der Waals surface area (Å²) >= 11 is 0. The average molecular weight is 418 g/mol. The van der Waals surface area contributed by atoms with Crippen LogP contribution in [0.5, 0.6) is 5.75 Å². The van der Waals surface area contributed by atoms with Crippen LogP contribution >= 0.6 is 0 Å². The van der Waals surface area contributed by atoms with Gasteiger partial charge in [-0.25, -0.2) is 8.42 Å². The Hall–Kier alpha value is -2.42. The molecular formula is C21H27N3O4S. The van der Waals surface area contributed by atoms with Crippen molar-refractivity contribution in [3.05, 3.63) is 59.7 Å². The predicted octanol–water partition coefficient (Wildman–Crippen LogP) is 1.74. The zero-order valence-corrected chi connectivity index (χ0v) is 17.6. The van der Waals surface area contributed by atoms with E-state index < -0.39 is 10.0 Å². The number of piperazine rings is 1. The third kappa shape index (κ3) is 5.35. The molecule has 7 nitrogen and oxygen atoms in total. The lowest BCUT2D eigenvalue weighted by Gasteiger charge is -2.34. The van der Waals surface area contributed by atoms with Crippen LogP contribution in [0.3, 0.4) is 0 Å². The van der Waals surface area contributed by atoms with Gasteiger partial charge in [0.2, 0.25) is 10.0 Å². The van der Waals surface area contributed by atoms with E-state index in [1.54, 1.807) is 31.4 Å². The van der Waals surface area contributed by atoms with Gasteiger partial charge < -0.3 is 10.1 Å². The van der Waals surface area contributed by atoms with Crippen LogP contribution in [-0.2, 0) is 10.0 Å². The Morgan fingerprint density at radius 2 is 1.62 bits per heavy atom. The lowest BCUT2D eigenvalue weighted by atomic mass is 10.1. The summed E-state index contributed by atoms with van der Waals surface area (Å²) in [4.78, 5) is 14.6. The fourth-order valence-electron chi connectivity index (χ4n) is 3.22. The number of benzene rings is 2. The molecule has 0 bridgehead atoms. The van der Waals surface area contributed by atoms with Gasteiger partial charge in [-0.2, -0.15) is 4.31 Å². The van der Waals surface area contributed by atoms with Crippen LogP contribution in [0.15, 0.2) is 53.4 Å². The van der Waals surface area contributed by atoms with E-state index in [4.69, 9.17) is 4.74 Å². The van der Waals surface area contributed by atoms with E-state index in [2.05, 4.69) is 10.2 Å². The number of carbonyl (C=O) groups excluding carboxylic acids is 1. The molecule has 0 atom stereocenters. The van der Waals surface area contributed by atoms with Crippen LogP contribution in [0.1, 0.15) is 15.9 Å². The standard InChI is InChI=1S/C21H27N3O4S/c1-17-3-5-18(6-4-17)21(25)22-11-12-23-13-15-24(16-14-23)29(26,27)20-9-7-19(28-2)8-10-20/h3-10H,11-16H2,1-2H3,(H,22,25). The number of hydrogen-bond donors (Lipinski definition) is 1. The van der Waals surface area contributed by atoms with E-state index in [1.807, 2.05) is 31.2 Å². The number of rotatable bonds is 7. The maximum Gasteiger partial charge on any atom is 0.251 e. The minimum atomic E-state index is -3.50. The Kier molecular flexibility index (Phi) is 6.89. The van der Waals surface area contributed by atoms with Gasteiger partial charge in [-0.05, 0) is 43.3 Å². The highest BCUT2D eigenvalue weighted by molar-refractivity contribution is 7.89. The molecule has 2 aromatic rings. The summed E-state index contributed by atoms with van der Waals surface area (Å²) in [6.07, 6.45) is 0. The minimum Gasteiger partial charge on any atom is -0.497 e. The highest BCUT2D eigenvalue weighted by Crippen LogP contribution is 2.20. The number of aryl methyl sites for hydroxylation is 1. The normalized spacial score (nSPS) is 15.8. The molecule has 1 amide bonds. The van der Waals surface area contributed by atoms with Crippen LogP contribution in [-0.4, -0.2) is 69.9 Å². The number of ether oxygens (including phenoxy) is 1. The number of sulfonamides is 1. The number of nitrogens with zero attached hydrogens (tertiary/aromatic N) is 2. The summed E-state index contributed by atoms with van der Waals surface area (Å²) in [7, 11) is -1.96. The van der Waals surface area contributed by atoms with Gasteiger partial charge in [0, 0.05) is 44.8 Å². The highest BCUT2D eigenvalue weighted by atomic mass is 32.2. The maximum atomic E-state index is 12.8. The van der Waals surface area contributed by atoms with Crippen molar-refractivity contribution in [1.82, 2.24) is 14.5 Å². The van der Waals surface area contributed by atoms with E-state index in [0.717, 1.165) is 5.56 Å². The molecule has 8 heteroatoms. The predicted molar refractivity (Wildman–Crippen MR) is 112 cm³/mol. The lowest BCUT2D eigenvalue weighted by Crippen LogP contribution is -2.50. The molecule has 1 fully saturated rings. The molecule has 0 spiro atoms. The first kappa shape index (κ1) is 21.3. The van der Waals surface area contributed by atoms with Crippen LogP contribution in [0.4, 0.5) is 0 Å². The van der Waals surface area contributed by atoms with Gasteiger partial charge in [0.1, 0.15) is 5.75 Å². The molecule has 0 aliphatic carbocycles. The van der Waals surface area contributed by atoms with Crippen LogP contribution in [0.2, 0.25) is 0 Å². The Morgan fingerprint density at radius 1 is 1.00 bits per heavy atom. The van der Waals surface area contributed by atoms with Gasteiger partial charge in [0.25, 0.3) is 5.91 Å². The fraction of sp³-hybridized carbons (Fsp3) is 0.381. The SMILES string of the molecule is COc1ccc(S(=O)(=O)N2CCN(CCNC(=O)c3ccc(C)cc3)CC2)cc1. The Morgan fingerprint density at radius 3 is 2.21 bits per heavy atom. The molecule has 1 N–H and O–H groups in total. The summed E-state index contributed by atoms with van der Waals surface area (Å²) in [5.74, 6) is 0.534. The van der Waals surface area contributed by atoms with E-state index in [9.17, 15) is 13.2 Å². The number of nitrogens with one attached hydrogen (secondary N) is 1. The summed E-state index contributed by atoms with van der Waals surface area (Å²) in [5, 5.41) is 2.92. The second-order valence-electron chi connectivity index (χ2n) is 7.04. The highest BCUT2D eigenvalue weighted by Gasteiger charge is 2.28. The number of hydrogen-bond acceptors (Lipinski definition) is 5. The number of amides is 1. The topological polar surface area (TPSA) is 79.0 Å². The zero-order chi connectivity index (χ0) is 20.9. The third-order valence-electron chi connectivity index (χ3n) is 5.06. The molecule has 156 valence electrons. The smallest absolute Gasteiger partial charge is 0.251 e. The van der Waals surface area contributed by atoms with Gasteiger partial charge in [-0.1, -0.05) is 17.7 Å². The van der Waals surface area contributed by atoms with E-state index in [1.165, 1.54) is 4.31 Å². The molecular weight excluding hydrogens is 390 g/mol. The van der Waals surface area contributed by atoms with Gasteiger partial charge in [0.05, 0.1) is 12.0 Å². The van der Waals surface area contributed by atoms with Crippen molar-refractivity contribution in [2.24, 2.45) is 0 Å². The number of methoxy groups -OCH3 is 1. The second-order valence-corrected chi connectivity index (χ2v) is 8.98. The quantitative estimate of drug-likeness (QED) is 0.742. The monoisotopic (exact) mass is 417 g/mol. The number of carbonyl (C=O) groups is 1. The van der Waals surface area contributed by atoms with Crippen molar-refractivity contribution < 1.29 is 17.9 Å². The molecule has 1 saturated heterocycles. The van der Waals surface area contributed by atoms with Gasteiger partial charge in [-0.3, -0.25) is 9.69 Å². The van der Waals surface area contributed by atoms with Crippen molar-refractivity contribution in [2.75, 3.05) is 46.4 Å². The van der Waals surface area contributed by atoms with Gasteiger partial charge >= 0.3 is 0 Å². The Balaban J connectivity index is 1.46. The summed E-state index contributed by atoms with van der Waals surface area (Å²) < 4.78 is 32.2. The largest absolute Gasteiger partial charge is 0.497 e. The van der Waals surface area contributed by atoms with Crippen LogP contribution in [0.25, 0.3) is 0 Å². The van der Waals surface area contributed by atoms with Crippen molar-refractivity contribution in [3.63, 3.8) is 0 Å². The molecule has 29 heavy (non-hydrogen) atoms. The first-order valence-corrected chi connectivity index (χ1v) is 11.1. The van der Waals surface area contributed by atoms with Gasteiger partial charge in [-0.15, -0.1) is 0 Å². The Bertz CT molecular complexity index is 919. The molecule has 1 aliphatic rings. The first-order chi connectivity index (χ1) is 13.9. The summed E-state index contributed by atoms with van der Waals surface area (Å²) in [6.45, 7) is 5.33. The Labute approximate surface area is 172 Å². The molecule has 2 aromatic carbocycles. The average Bonchev–Trinajstić information content (AvgIpc) is 2.74. The molecule has 1 heterocycles. The van der Waals surface area contributed by atoms with Gasteiger partial charge in [0.15, 0.2) is 0 Å². The van der Waals surface area contributed by atoms with Crippen LogP contribution in [0, 0.1) is 6.92 Å². The van der Waals surface area contributed by atoms with Crippen LogP contribution < -0.4 is 10.1 Å². The maximum absolute atomic E-state index is 12.8. The lowest BCUT2D eigenvalue weighted by molar-refractivity contribution is 0.0945. The summed E-state index contributed by atoms with van der Waals surface area (Å²) in [6, 6.07) is 13.9. The second kappa shape index (κ2) is 9.39. The minimum absolute atomic E-state index is 0.0919. The molecule has 1 aliphatic heterocycles. The molecule has 0 saturated carbocycles. The van der Waals surface area contributed by atoms with E-state index in [-0.39, 0.29) is 10.8 Å². The van der Waals surface area contributed by atoms with Crippen molar-refractivity contribution in [3.8, 4) is 5.75 Å². The molecule has 3 rings (SSSR count). The summed E-state index contributed by atoms with van der Waals surface area (Å²) in [5.41, 5.74) is 1.76.